The summed E-state index contributed by atoms with van der Waals surface area (Å²) in [4.78, 5) is 71.1. The fourth-order valence-electron chi connectivity index (χ4n) is 6.78. The summed E-state index contributed by atoms with van der Waals surface area (Å²) < 4.78 is 24.6. The molecule has 5 rings (SSSR count). The maximum Gasteiger partial charge on any atom is 0.407 e. The van der Waals surface area contributed by atoms with Crippen LogP contribution >= 0.6 is 0 Å². The molecular weight excluding hydrogens is 683 g/mol. The molecule has 52 heavy (non-hydrogen) atoms. The summed E-state index contributed by atoms with van der Waals surface area (Å²) in [6.07, 6.45) is 0.471. The van der Waals surface area contributed by atoms with Gasteiger partial charge in [-0.15, -0.1) is 0 Å². The number of amides is 1. The summed E-state index contributed by atoms with van der Waals surface area (Å²) in [7, 11) is -2.48. The van der Waals surface area contributed by atoms with Gasteiger partial charge in [-0.25, -0.2) is 14.6 Å². The van der Waals surface area contributed by atoms with E-state index in [1.165, 1.54) is 6.92 Å². The molecule has 4 heterocycles. The Morgan fingerprint density at radius 3 is 2.42 bits per heavy atom. The van der Waals surface area contributed by atoms with Crippen LogP contribution in [0.2, 0.25) is 19.1 Å². The van der Waals surface area contributed by atoms with Crippen LogP contribution in [0.15, 0.2) is 35.1 Å². The number of benzene rings is 1. The molecule has 0 saturated heterocycles. The maximum absolute atomic E-state index is 14.8. The van der Waals surface area contributed by atoms with E-state index >= 15 is 0 Å². The Hall–Kier alpha value is -4.52. The van der Waals surface area contributed by atoms with E-state index in [1.807, 2.05) is 6.07 Å². The van der Waals surface area contributed by atoms with Gasteiger partial charge in [0.05, 0.1) is 29.0 Å². The second kappa shape index (κ2) is 14.1. The Bertz CT molecular complexity index is 1990. The van der Waals surface area contributed by atoms with Gasteiger partial charge in [0.2, 0.25) is 5.60 Å². The van der Waals surface area contributed by atoms with Crippen molar-refractivity contribution >= 4 is 43.0 Å². The third-order valence-corrected chi connectivity index (χ3v) is 12.9. The Morgan fingerprint density at radius 1 is 1.08 bits per heavy atom. The van der Waals surface area contributed by atoms with Gasteiger partial charge in [-0.2, -0.15) is 0 Å². The first-order valence-electron chi connectivity index (χ1n) is 17.9. The fourth-order valence-corrected chi connectivity index (χ4v) is 9.92. The van der Waals surface area contributed by atoms with Crippen molar-refractivity contribution in [1.29, 1.82) is 0 Å². The molecule has 2 aromatic heterocycles. The number of hydrogen-bond donors (Lipinski definition) is 1. The first kappa shape index (κ1) is 38.7. The lowest BCUT2D eigenvalue weighted by Crippen LogP contribution is -2.53. The predicted molar refractivity (Wildman–Crippen MR) is 199 cm³/mol. The molecule has 2 aliphatic rings. The van der Waals surface area contributed by atoms with Gasteiger partial charge in [0, 0.05) is 36.4 Å². The van der Waals surface area contributed by atoms with Gasteiger partial charge < -0.3 is 28.8 Å². The third kappa shape index (κ3) is 8.09. The minimum atomic E-state index is -2.48. The number of aromatic nitrogens is 2. The molecule has 0 saturated carbocycles. The van der Waals surface area contributed by atoms with E-state index < -0.39 is 49.0 Å². The molecular formula is C39H51N3O9Si. The number of fused-ring (bicyclic) bond motifs is 5. The Balaban J connectivity index is 1.56. The van der Waals surface area contributed by atoms with E-state index in [9.17, 15) is 24.0 Å². The predicted octanol–water partition coefficient (Wildman–Crippen LogP) is 7.09. The highest BCUT2D eigenvalue weighted by Crippen LogP contribution is 2.48. The lowest BCUT2D eigenvalue weighted by molar-refractivity contribution is -0.190. The van der Waals surface area contributed by atoms with Crippen molar-refractivity contribution in [3.63, 3.8) is 0 Å². The number of pyridine rings is 2. The van der Waals surface area contributed by atoms with Crippen LogP contribution < -0.4 is 15.6 Å². The Morgan fingerprint density at radius 2 is 1.79 bits per heavy atom. The number of nitrogens with zero attached hydrogens (tertiary/aromatic N) is 2. The molecule has 12 nitrogen and oxygen atoms in total. The zero-order valence-electron chi connectivity index (χ0n) is 32.0. The van der Waals surface area contributed by atoms with Crippen LogP contribution in [0.4, 0.5) is 4.79 Å². The largest absolute Gasteiger partial charge is 0.458 e. The molecule has 0 radical (unpaired) electrons. The van der Waals surface area contributed by atoms with Crippen molar-refractivity contribution in [2.45, 2.75) is 124 Å². The highest BCUT2D eigenvalue weighted by atomic mass is 28.3. The number of nitrogens with one attached hydrogen (secondary N) is 1. The lowest BCUT2D eigenvalue weighted by atomic mass is 9.85. The van der Waals surface area contributed by atoms with E-state index in [1.54, 1.807) is 56.5 Å². The average Bonchev–Trinajstić information content (AvgIpc) is 3.38. The van der Waals surface area contributed by atoms with Crippen LogP contribution in [0, 0.1) is 5.41 Å². The lowest BCUT2D eigenvalue weighted by Gasteiger charge is -2.43. The molecule has 13 heteroatoms. The quantitative estimate of drug-likeness (QED) is 0.0588. The molecule has 0 aliphatic carbocycles. The monoisotopic (exact) mass is 733 g/mol. The van der Waals surface area contributed by atoms with Crippen LogP contribution in [0.5, 0.6) is 5.75 Å². The van der Waals surface area contributed by atoms with E-state index in [4.69, 9.17) is 23.9 Å². The van der Waals surface area contributed by atoms with E-state index in [-0.39, 0.29) is 43.3 Å². The SMILES string of the molecule is CCC1(OC(=O)CCCNC(=O)OC(C)(C)C)C(=O)OC([Si](C)(C)CCC(C)(C)C)c2c1cc1n(c2=O)Cc2cc3cc(OC(C)=O)ccc3nc2-1. The topological polar surface area (TPSA) is 152 Å². The summed E-state index contributed by atoms with van der Waals surface area (Å²) in [5.74, 6) is -1.40. The second-order valence-corrected chi connectivity index (χ2v) is 21.7. The molecule has 1 N–H and O–H groups in total. The second-order valence-electron chi connectivity index (χ2n) is 16.7. The number of cyclic esters (lactones) is 1. The number of carbonyl (C=O) groups is 4. The molecule has 280 valence electrons. The molecule has 2 unspecified atom stereocenters. The van der Waals surface area contributed by atoms with Gasteiger partial charge in [-0.1, -0.05) is 53.3 Å². The summed E-state index contributed by atoms with van der Waals surface area (Å²) in [6.45, 7) is 19.5. The number of alkyl carbamates (subject to hydrolysis) is 1. The van der Waals surface area contributed by atoms with Gasteiger partial charge in [0.25, 0.3) is 5.56 Å². The van der Waals surface area contributed by atoms with Crippen LogP contribution in [0.3, 0.4) is 0 Å². The molecule has 0 fully saturated rings. The van der Waals surface area contributed by atoms with E-state index in [0.29, 0.717) is 33.8 Å². The van der Waals surface area contributed by atoms with Gasteiger partial charge >= 0.3 is 24.0 Å². The van der Waals surface area contributed by atoms with Gasteiger partial charge in [-0.3, -0.25) is 14.4 Å². The van der Waals surface area contributed by atoms with Crippen LogP contribution in [-0.4, -0.2) is 53.8 Å². The summed E-state index contributed by atoms with van der Waals surface area (Å²) in [5, 5.41) is 3.37. The highest BCUT2D eigenvalue weighted by molar-refractivity contribution is 6.78. The van der Waals surface area contributed by atoms with E-state index in [0.717, 1.165) is 23.4 Å². The zero-order valence-corrected chi connectivity index (χ0v) is 33.0. The van der Waals surface area contributed by atoms with Crippen LogP contribution in [-0.2, 0) is 40.7 Å². The fraction of sp³-hybridized carbons (Fsp3) is 0.538. The number of carbonyl (C=O) groups excluding carboxylic acids is 4. The van der Waals surface area contributed by atoms with Crippen LogP contribution in [0.25, 0.3) is 22.3 Å². The number of ether oxygens (including phenoxy) is 4. The minimum Gasteiger partial charge on any atom is -0.458 e. The molecule has 0 spiro atoms. The van der Waals surface area contributed by atoms with Crippen molar-refractivity contribution in [3.05, 3.63) is 57.4 Å². The normalized spacial score (nSPS) is 18.2. The number of rotatable bonds is 10. The standard InChI is InChI=1S/C39H51N3O9Si/c1-11-39(50-30(44)13-12-17-40-36(47)51-38(6,7)8)27-21-29-32-25(19-24-20-26(48-23(2)43)14-15-28(24)41-32)22-42(29)33(45)31(27)34(49-35(39)46)52(9,10)18-16-37(3,4)5/h14-15,19-21,34H,11-13,16-18,22H2,1-10H3,(H,40,47). The average molecular weight is 734 g/mol. The molecule has 0 bridgehead atoms. The molecule has 1 aromatic carbocycles. The molecule has 3 aromatic rings. The first-order valence-corrected chi connectivity index (χ1v) is 21.2. The first-order chi connectivity index (χ1) is 24.1. The molecule has 2 aliphatic heterocycles. The molecule has 1 amide bonds. The number of esters is 3. The maximum atomic E-state index is 14.8. The summed E-state index contributed by atoms with van der Waals surface area (Å²) >= 11 is 0. The summed E-state index contributed by atoms with van der Waals surface area (Å²) in [5.41, 5.74) is -0.350. The van der Waals surface area contributed by atoms with Crippen LogP contribution in [0.1, 0.15) is 103 Å². The van der Waals surface area contributed by atoms with E-state index in [2.05, 4.69) is 39.2 Å². The van der Waals surface area contributed by atoms with Gasteiger partial charge in [0.1, 0.15) is 25.2 Å². The third-order valence-electron chi connectivity index (χ3n) is 9.53. The molecule has 2 atom stereocenters. The minimum absolute atomic E-state index is 0.0322. The van der Waals surface area contributed by atoms with Crippen molar-refractivity contribution in [3.8, 4) is 17.1 Å². The smallest absolute Gasteiger partial charge is 0.407 e. The summed E-state index contributed by atoms with van der Waals surface area (Å²) in [6, 6.07) is 9.66. The van der Waals surface area contributed by atoms with Gasteiger partial charge in [-0.05, 0) is 69.4 Å². The Labute approximate surface area is 305 Å². The van der Waals surface area contributed by atoms with Crippen molar-refractivity contribution in [2.75, 3.05) is 6.54 Å². The Kier molecular flexibility index (Phi) is 10.5. The number of hydrogen-bond acceptors (Lipinski definition) is 10. The van der Waals surface area contributed by atoms with Crippen molar-refractivity contribution < 1.29 is 38.1 Å². The van der Waals surface area contributed by atoms with Crippen molar-refractivity contribution in [1.82, 2.24) is 14.9 Å². The highest BCUT2D eigenvalue weighted by Gasteiger charge is 2.56. The van der Waals surface area contributed by atoms with Gasteiger partial charge in [0.15, 0.2) is 0 Å². The van der Waals surface area contributed by atoms with Crippen molar-refractivity contribution in [2.24, 2.45) is 5.41 Å². The zero-order chi connectivity index (χ0) is 38.4.